The van der Waals surface area contributed by atoms with Crippen molar-refractivity contribution in [1.82, 2.24) is 0 Å². The van der Waals surface area contributed by atoms with E-state index < -0.39 is 40.4 Å². The average Bonchev–Trinajstić information content (AvgIpc) is 3.10. The zero-order valence-corrected chi connectivity index (χ0v) is 30.7. The number of amides is 1. The summed E-state index contributed by atoms with van der Waals surface area (Å²) in [5.41, 5.74) is 0.925. The summed E-state index contributed by atoms with van der Waals surface area (Å²) in [7, 11) is 4.80. The molecule has 2 aliphatic heterocycles. The summed E-state index contributed by atoms with van der Waals surface area (Å²) >= 11 is 0. The van der Waals surface area contributed by atoms with E-state index in [2.05, 4.69) is 6.08 Å². The third kappa shape index (κ3) is 10.5. The summed E-state index contributed by atoms with van der Waals surface area (Å²) in [4.78, 5) is 55.1. The van der Waals surface area contributed by atoms with Crippen LogP contribution in [0.5, 0.6) is 0 Å². The molecule has 0 aromatic carbocycles. The van der Waals surface area contributed by atoms with Crippen LogP contribution in [0.1, 0.15) is 103 Å². The first-order valence-electron chi connectivity index (χ1n) is 18.9. The van der Waals surface area contributed by atoms with Crippen LogP contribution in [0, 0.1) is 29.6 Å². The first-order valence-corrected chi connectivity index (χ1v) is 18.9. The third-order valence-corrected chi connectivity index (χ3v) is 12.0. The summed E-state index contributed by atoms with van der Waals surface area (Å²) < 4.78 is 16.1. The van der Waals surface area contributed by atoms with Crippen LogP contribution in [0.25, 0.3) is 0 Å². The number of methoxy groups -OCH3 is 3. The summed E-state index contributed by atoms with van der Waals surface area (Å²) in [5.74, 6) is -3.82. The monoisotopic (exact) mass is 704 g/mol. The van der Waals surface area contributed by atoms with E-state index in [1.54, 1.807) is 21.3 Å². The van der Waals surface area contributed by atoms with Gasteiger partial charge in [0.1, 0.15) is 24.7 Å². The molecule has 11 atom stereocenters. The van der Waals surface area contributed by atoms with Gasteiger partial charge in [-0.2, -0.15) is 0 Å². The lowest BCUT2D eigenvalue weighted by Crippen LogP contribution is -2.64. The van der Waals surface area contributed by atoms with Gasteiger partial charge in [0.2, 0.25) is 0 Å². The van der Waals surface area contributed by atoms with Gasteiger partial charge in [0.25, 0.3) is 5.78 Å². The van der Waals surface area contributed by atoms with Crippen LogP contribution in [-0.2, 0) is 33.4 Å². The van der Waals surface area contributed by atoms with E-state index in [-0.39, 0.29) is 86.4 Å². The van der Waals surface area contributed by atoms with E-state index in [1.807, 2.05) is 19.1 Å². The van der Waals surface area contributed by atoms with Gasteiger partial charge in [-0.25, -0.2) is 10.0 Å². The van der Waals surface area contributed by atoms with E-state index in [9.17, 15) is 34.6 Å². The second-order valence-electron chi connectivity index (χ2n) is 15.4. The number of rotatable bonds is 5. The number of aliphatic hydroxyl groups excluding tert-OH is 2. The molecule has 2 aliphatic carbocycles. The molecule has 0 spiro atoms. The maximum atomic E-state index is 14.2. The number of hydroxylamine groups is 3. The molecule has 3 N–H and O–H groups in total. The number of Topliss-reactive ketones (excluding diaryl/α,β-unsaturated/α-hetero) is 3. The van der Waals surface area contributed by atoms with Crippen LogP contribution in [0.15, 0.2) is 23.8 Å². The van der Waals surface area contributed by atoms with Crippen molar-refractivity contribution in [2.45, 2.75) is 134 Å². The Labute approximate surface area is 297 Å². The van der Waals surface area contributed by atoms with Crippen LogP contribution < -0.4 is 0 Å². The number of quaternary nitrogens is 1. The van der Waals surface area contributed by atoms with Crippen molar-refractivity contribution in [3.8, 4) is 0 Å². The van der Waals surface area contributed by atoms with Crippen molar-refractivity contribution in [2.75, 3.05) is 34.4 Å². The maximum absolute atomic E-state index is 14.2. The Kier molecular flexibility index (Phi) is 15.5. The molecular formula is C39H62NO10+. The van der Waals surface area contributed by atoms with E-state index in [0.717, 1.165) is 24.8 Å². The van der Waals surface area contributed by atoms with Crippen molar-refractivity contribution in [3.63, 3.8) is 0 Å². The lowest BCUT2D eigenvalue weighted by Gasteiger charge is -2.42. The van der Waals surface area contributed by atoms with Crippen LogP contribution in [0.3, 0.4) is 0 Å². The summed E-state index contributed by atoms with van der Waals surface area (Å²) in [6, 6.07) is 0. The van der Waals surface area contributed by atoms with Gasteiger partial charge in [0.05, 0.1) is 36.4 Å². The Balaban J connectivity index is 1.63. The van der Waals surface area contributed by atoms with E-state index >= 15 is 0 Å². The molecule has 2 heterocycles. The minimum Gasteiger partial charge on any atom is -0.393 e. The standard InChI is InChI=1S/C39H62NO10/c1-25(19-26-15-16-33(43)37(20-26)50-4)27-21-29(42)23-28(41)11-7-5-6-8-14-35(48-2)32-24-40(47,18-17-36(32)49-3)39(46)38(45)31-13-10-9-12-30(31)34(44)22-27/h5,7,19,26-27,29-33,35-37,42-43,47H,6,8-18,20-24H2,1-4H3/q+1. The Hall–Kier alpha value is -2.12. The van der Waals surface area contributed by atoms with E-state index in [0.29, 0.717) is 51.4 Å². The minimum atomic E-state index is -1.02. The molecule has 11 unspecified atom stereocenters. The number of ether oxygens (including phenoxy) is 3. The predicted molar refractivity (Wildman–Crippen MR) is 186 cm³/mol. The smallest absolute Gasteiger partial charge is 0.393 e. The third-order valence-electron chi connectivity index (χ3n) is 12.0. The van der Waals surface area contributed by atoms with Gasteiger partial charge >= 0.3 is 5.91 Å². The minimum absolute atomic E-state index is 0.0106. The predicted octanol–water partition coefficient (Wildman–Crippen LogP) is 4.68. The number of piperidine rings is 1. The van der Waals surface area contributed by atoms with Gasteiger partial charge in [0, 0.05) is 58.8 Å². The van der Waals surface area contributed by atoms with Crippen LogP contribution in [0.4, 0.5) is 0 Å². The molecular weight excluding hydrogens is 642 g/mol. The van der Waals surface area contributed by atoms with Gasteiger partial charge in [-0.1, -0.05) is 36.6 Å². The highest BCUT2D eigenvalue weighted by atomic mass is 16.6. The van der Waals surface area contributed by atoms with Crippen molar-refractivity contribution >= 4 is 23.3 Å². The van der Waals surface area contributed by atoms with Crippen LogP contribution in [-0.4, -0.2) is 108 Å². The number of ketones is 3. The largest absolute Gasteiger partial charge is 0.413 e. The van der Waals surface area contributed by atoms with Crippen molar-refractivity contribution in [2.24, 2.45) is 29.6 Å². The fraction of sp³-hybridized carbons (Fsp3) is 0.795. The molecule has 4 rings (SSSR count). The lowest BCUT2D eigenvalue weighted by atomic mass is 9.71. The molecule has 11 heteroatoms. The number of hydrogen-bond donors (Lipinski definition) is 3. The molecule has 3 fully saturated rings. The van der Waals surface area contributed by atoms with Crippen molar-refractivity contribution in [3.05, 3.63) is 23.8 Å². The molecule has 1 amide bonds. The van der Waals surface area contributed by atoms with Crippen LogP contribution >= 0.6 is 0 Å². The van der Waals surface area contributed by atoms with Crippen molar-refractivity contribution < 1.29 is 53.5 Å². The van der Waals surface area contributed by atoms with Gasteiger partial charge in [-0.15, -0.1) is 4.65 Å². The van der Waals surface area contributed by atoms with E-state index in [1.165, 1.54) is 0 Å². The Bertz CT molecular complexity index is 1230. The number of nitrogens with zero attached hydrogens (tertiary/aromatic N) is 1. The highest BCUT2D eigenvalue weighted by molar-refractivity contribution is 6.34. The molecule has 0 aromatic heterocycles. The SMILES string of the molecule is COC1CC(C=C(C)C2CC(=O)C3CCCCC3C(=O)C(=O)[N+]3(O)CCC(OC)C(C3)C(OC)CCCC=CCC(=O)CC(O)C2)CCC1O. The van der Waals surface area contributed by atoms with Crippen molar-refractivity contribution in [1.29, 1.82) is 0 Å². The first-order chi connectivity index (χ1) is 23.9. The first kappa shape index (κ1) is 40.6. The second kappa shape index (κ2) is 19.1. The molecule has 50 heavy (non-hydrogen) atoms. The summed E-state index contributed by atoms with van der Waals surface area (Å²) in [6.07, 6.45) is 10.9. The Morgan fingerprint density at radius 2 is 1.48 bits per heavy atom. The van der Waals surface area contributed by atoms with Gasteiger partial charge in [-0.05, 0) is 76.5 Å². The highest BCUT2D eigenvalue weighted by Gasteiger charge is 2.53. The number of carbonyl (C=O) groups excluding carboxylic acids is 4. The van der Waals surface area contributed by atoms with E-state index in [4.69, 9.17) is 14.2 Å². The van der Waals surface area contributed by atoms with Gasteiger partial charge < -0.3 is 24.4 Å². The number of hydrogen-bond acceptors (Lipinski definition) is 10. The number of allylic oxidation sites excluding steroid dienone is 4. The van der Waals surface area contributed by atoms with Gasteiger partial charge in [-0.3, -0.25) is 14.4 Å². The molecule has 0 radical (unpaired) electrons. The molecule has 282 valence electrons. The summed E-state index contributed by atoms with van der Waals surface area (Å²) in [6.45, 7) is 1.98. The normalized spacial score (nSPS) is 39.5. The zero-order valence-electron chi connectivity index (χ0n) is 30.7. The summed E-state index contributed by atoms with van der Waals surface area (Å²) in [5, 5.41) is 33.2. The number of aliphatic hydroxyl groups is 2. The van der Waals surface area contributed by atoms with Gasteiger partial charge in [0.15, 0.2) is 0 Å². The Morgan fingerprint density at radius 3 is 2.18 bits per heavy atom. The Morgan fingerprint density at radius 1 is 0.800 bits per heavy atom. The molecule has 2 bridgehead atoms. The number of fused-ring (bicyclic) bond motifs is 3. The quantitative estimate of drug-likeness (QED) is 0.159. The molecule has 0 aromatic rings. The lowest BCUT2D eigenvalue weighted by molar-refractivity contribution is -1.04. The topological polar surface area (TPSA) is 157 Å². The molecule has 1 saturated heterocycles. The average molecular weight is 705 g/mol. The molecule has 11 nitrogen and oxygen atoms in total. The molecule has 4 aliphatic rings. The zero-order chi connectivity index (χ0) is 36.4. The second-order valence-corrected chi connectivity index (χ2v) is 15.4. The maximum Gasteiger partial charge on any atom is 0.413 e. The number of carbonyl (C=O) groups is 4. The fourth-order valence-electron chi connectivity index (χ4n) is 9.06. The fourth-order valence-corrected chi connectivity index (χ4v) is 9.06. The highest BCUT2D eigenvalue weighted by Crippen LogP contribution is 2.38. The molecule has 2 saturated carbocycles. The van der Waals surface area contributed by atoms with Crippen LogP contribution in [0.2, 0.25) is 0 Å².